The largest absolute Gasteiger partial charge is 0.369 e. The lowest BCUT2D eigenvalue weighted by Gasteiger charge is -2.19. The molecule has 1 aromatic carbocycles. The molecule has 1 fully saturated rings. The highest BCUT2D eigenvalue weighted by Crippen LogP contribution is 2.10. The quantitative estimate of drug-likeness (QED) is 0.545. The normalized spacial score (nSPS) is 17.5. The van der Waals surface area contributed by atoms with Gasteiger partial charge in [0.05, 0.1) is 12.2 Å². The molecule has 0 bridgehead atoms. The van der Waals surface area contributed by atoms with E-state index < -0.39 is 0 Å². The number of carbonyl (C=O) groups excluding carboxylic acids is 1. The summed E-state index contributed by atoms with van der Waals surface area (Å²) < 4.78 is 0. The van der Waals surface area contributed by atoms with Crippen molar-refractivity contribution in [2.45, 2.75) is 6.42 Å². The van der Waals surface area contributed by atoms with Crippen LogP contribution in [0.2, 0.25) is 0 Å². The Labute approximate surface area is 100 Å². The molecule has 5 nitrogen and oxygen atoms in total. The molecule has 0 radical (unpaired) electrons. The highest BCUT2D eigenvalue weighted by Gasteiger charge is 2.15. The lowest BCUT2D eigenvalue weighted by Crippen LogP contribution is -2.41. The second-order valence-corrected chi connectivity index (χ2v) is 3.93. The average Bonchev–Trinajstić information content (AvgIpc) is 2.55. The lowest BCUT2D eigenvalue weighted by atomic mass is 10.3. The number of hydrogen-bond acceptors (Lipinski definition) is 2. The van der Waals surface area contributed by atoms with Gasteiger partial charge in [0.2, 0.25) is 5.91 Å². The van der Waals surface area contributed by atoms with Gasteiger partial charge in [-0.15, -0.1) is 0 Å². The molecule has 1 aliphatic heterocycles. The fraction of sp³-hybridized carbons (Fsp3) is 0.333. The number of para-hydroxylation sites is 1. The first-order valence-corrected chi connectivity index (χ1v) is 5.66. The molecule has 0 atom stereocenters. The summed E-state index contributed by atoms with van der Waals surface area (Å²) in [6.45, 7) is 1.73. The maximum atomic E-state index is 11.4. The summed E-state index contributed by atoms with van der Waals surface area (Å²) in [7, 11) is 0. The van der Waals surface area contributed by atoms with Gasteiger partial charge >= 0.3 is 0 Å². The van der Waals surface area contributed by atoms with Gasteiger partial charge < -0.3 is 16.0 Å². The van der Waals surface area contributed by atoms with E-state index in [2.05, 4.69) is 10.3 Å². The fourth-order valence-electron chi connectivity index (χ4n) is 1.71. The molecule has 1 amide bonds. The SMILES string of the molecule is NC(=Nc1ccccc1)N1CCCNC(=O)C1. The Hall–Kier alpha value is -2.04. The number of aliphatic imine (C=N–C) groups is 1. The van der Waals surface area contributed by atoms with Crippen LogP contribution in [0, 0.1) is 0 Å². The minimum Gasteiger partial charge on any atom is -0.369 e. The molecule has 1 heterocycles. The second kappa shape index (κ2) is 5.34. The standard InChI is InChI=1S/C12H16N4O/c13-12(15-10-5-2-1-3-6-10)16-8-4-7-14-11(17)9-16/h1-3,5-6H,4,7-9H2,(H2,13,15)(H,14,17). The third-order valence-electron chi connectivity index (χ3n) is 2.59. The van der Waals surface area contributed by atoms with Crippen LogP contribution in [0.25, 0.3) is 0 Å². The summed E-state index contributed by atoms with van der Waals surface area (Å²) in [5.41, 5.74) is 6.71. The Balaban J connectivity index is 2.10. The minimum atomic E-state index is -0.00582. The number of nitrogens with two attached hydrogens (primary N) is 1. The van der Waals surface area contributed by atoms with E-state index in [0.29, 0.717) is 12.5 Å². The van der Waals surface area contributed by atoms with Crippen LogP contribution in [0.15, 0.2) is 35.3 Å². The Bertz CT molecular complexity index is 416. The smallest absolute Gasteiger partial charge is 0.239 e. The number of benzene rings is 1. The molecule has 1 saturated heterocycles. The zero-order chi connectivity index (χ0) is 12.1. The van der Waals surface area contributed by atoms with Crippen molar-refractivity contribution >= 4 is 17.6 Å². The van der Waals surface area contributed by atoms with E-state index in [4.69, 9.17) is 5.73 Å². The highest BCUT2D eigenvalue weighted by atomic mass is 16.2. The molecule has 0 aromatic heterocycles. The topological polar surface area (TPSA) is 70.7 Å². The average molecular weight is 232 g/mol. The van der Waals surface area contributed by atoms with Crippen molar-refractivity contribution < 1.29 is 4.79 Å². The van der Waals surface area contributed by atoms with Crippen LogP contribution in [0.5, 0.6) is 0 Å². The summed E-state index contributed by atoms with van der Waals surface area (Å²) in [4.78, 5) is 17.5. The van der Waals surface area contributed by atoms with Gasteiger partial charge in [-0.25, -0.2) is 4.99 Å². The first-order valence-electron chi connectivity index (χ1n) is 5.66. The molecule has 90 valence electrons. The van der Waals surface area contributed by atoms with Crippen LogP contribution >= 0.6 is 0 Å². The molecule has 1 aliphatic rings. The molecule has 0 aliphatic carbocycles. The Morgan fingerprint density at radius 2 is 2.12 bits per heavy atom. The van der Waals surface area contributed by atoms with Crippen LogP contribution in [-0.2, 0) is 4.79 Å². The Morgan fingerprint density at radius 3 is 2.88 bits per heavy atom. The third-order valence-corrected chi connectivity index (χ3v) is 2.59. The molecular formula is C12H16N4O. The molecule has 0 saturated carbocycles. The monoisotopic (exact) mass is 232 g/mol. The van der Waals surface area contributed by atoms with E-state index in [-0.39, 0.29) is 12.5 Å². The van der Waals surface area contributed by atoms with Gasteiger partial charge in [-0.3, -0.25) is 4.79 Å². The Kier molecular flexibility index (Phi) is 3.59. The van der Waals surface area contributed by atoms with Crippen molar-refractivity contribution in [3.8, 4) is 0 Å². The number of carbonyl (C=O) groups is 1. The number of amides is 1. The van der Waals surface area contributed by atoms with Crippen molar-refractivity contribution in [2.24, 2.45) is 10.7 Å². The van der Waals surface area contributed by atoms with E-state index in [0.717, 1.165) is 18.7 Å². The van der Waals surface area contributed by atoms with Crippen molar-refractivity contribution in [2.75, 3.05) is 19.6 Å². The molecule has 17 heavy (non-hydrogen) atoms. The highest BCUT2D eigenvalue weighted by molar-refractivity contribution is 5.87. The number of guanidine groups is 1. The van der Waals surface area contributed by atoms with Gasteiger partial charge in [-0.05, 0) is 18.6 Å². The summed E-state index contributed by atoms with van der Waals surface area (Å²) in [6.07, 6.45) is 0.886. The number of rotatable bonds is 1. The maximum absolute atomic E-state index is 11.4. The van der Waals surface area contributed by atoms with Crippen molar-refractivity contribution in [1.29, 1.82) is 0 Å². The van der Waals surface area contributed by atoms with Gasteiger partial charge in [-0.2, -0.15) is 0 Å². The molecule has 0 spiro atoms. The van der Waals surface area contributed by atoms with E-state index in [1.807, 2.05) is 30.3 Å². The first kappa shape index (κ1) is 11.4. The van der Waals surface area contributed by atoms with E-state index in [1.54, 1.807) is 4.90 Å². The van der Waals surface area contributed by atoms with Crippen LogP contribution < -0.4 is 11.1 Å². The summed E-state index contributed by atoms with van der Waals surface area (Å²) in [5.74, 6) is 0.391. The van der Waals surface area contributed by atoms with Crippen molar-refractivity contribution in [1.82, 2.24) is 10.2 Å². The van der Waals surface area contributed by atoms with Crippen molar-refractivity contribution in [3.63, 3.8) is 0 Å². The first-order chi connectivity index (χ1) is 8.25. The number of nitrogens with zero attached hydrogens (tertiary/aromatic N) is 2. The molecule has 5 heteroatoms. The third kappa shape index (κ3) is 3.21. The predicted molar refractivity (Wildman–Crippen MR) is 66.9 cm³/mol. The van der Waals surface area contributed by atoms with Crippen LogP contribution in [0.3, 0.4) is 0 Å². The minimum absolute atomic E-state index is 0.00582. The summed E-state index contributed by atoms with van der Waals surface area (Å²) in [5, 5.41) is 2.80. The molecule has 0 unspecified atom stereocenters. The molecule has 1 aromatic rings. The lowest BCUT2D eigenvalue weighted by molar-refractivity contribution is -0.120. The fourth-order valence-corrected chi connectivity index (χ4v) is 1.71. The van der Waals surface area contributed by atoms with Gasteiger partial charge in [0.1, 0.15) is 0 Å². The van der Waals surface area contributed by atoms with Crippen molar-refractivity contribution in [3.05, 3.63) is 30.3 Å². The second-order valence-electron chi connectivity index (χ2n) is 3.93. The van der Waals surface area contributed by atoms with E-state index in [1.165, 1.54) is 0 Å². The zero-order valence-corrected chi connectivity index (χ0v) is 9.60. The van der Waals surface area contributed by atoms with Crippen LogP contribution in [0.1, 0.15) is 6.42 Å². The maximum Gasteiger partial charge on any atom is 0.239 e. The number of hydrogen-bond donors (Lipinski definition) is 2. The van der Waals surface area contributed by atoms with Gasteiger partial charge in [0.25, 0.3) is 0 Å². The van der Waals surface area contributed by atoms with Gasteiger partial charge in [0.15, 0.2) is 5.96 Å². The van der Waals surface area contributed by atoms with Gasteiger partial charge in [0, 0.05) is 13.1 Å². The van der Waals surface area contributed by atoms with Gasteiger partial charge in [-0.1, -0.05) is 18.2 Å². The summed E-state index contributed by atoms with van der Waals surface area (Å²) in [6, 6.07) is 9.49. The Morgan fingerprint density at radius 1 is 1.35 bits per heavy atom. The van der Waals surface area contributed by atoms with Crippen LogP contribution in [0.4, 0.5) is 5.69 Å². The van der Waals surface area contributed by atoms with Crippen LogP contribution in [-0.4, -0.2) is 36.4 Å². The zero-order valence-electron chi connectivity index (χ0n) is 9.60. The summed E-state index contributed by atoms with van der Waals surface area (Å²) >= 11 is 0. The van der Waals surface area contributed by atoms with E-state index >= 15 is 0 Å². The molecular weight excluding hydrogens is 216 g/mol. The molecule has 3 N–H and O–H groups in total. The predicted octanol–water partition coefficient (Wildman–Crippen LogP) is 0.455. The van der Waals surface area contributed by atoms with E-state index in [9.17, 15) is 4.79 Å². The number of nitrogens with one attached hydrogen (secondary N) is 1. The molecule has 2 rings (SSSR count).